The maximum absolute atomic E-state index is 13.8. The van der Waals surface area contributed by atoms with E-state index in [-0.39, 0.29) is 21.9 Å². The van der Waals surface area contributed by atoms with Crippen LogP contribution in [0.15, 0.2) is 61.6 Å². The van der Waals surface area contributed by atoms with Crippen LogP contribution in [-0.2, 0) is 16.2 Å². The van der Waals surface area contributed by atoms with Gasteiger partial charge < -0.3 is 9.32 Å². The molecule has 39 heavy (non-hydrogen) atoms. The Bertz CT molecular complexity index is 1730. The van der Waals surface area contributed by atoms with E-state index in [0.29, 0.717) is 5.56 Å². The summed E-state index contributed by atoms with van der Waals surface area (Å²) in [6, 6.07) is 14.5. The molecule has 1 aromatic heterocycles. The topological polar surface area (TPSA) is 45.8 Å². The molecule has 0 atom stereocenters. The largest absolute Gasteiger partial charge is 0.422 e. The summed E-state index contributed by atoms with van der Waals surface area (Å²) in [4.78, 5) is 21.9. The first kappa shape index (κ1) is 26.2. The number of aliphatic imine (C=N–C) groups is 1. The molecule has 0 fully saturated rings. The minimum Gasteiger partial charge on any atom is -0.422 e. The van der Waals surface area contributed by atoms with Gasteiger partial charge in [-0.15, -0.1) is 12.6 Å². The number of benzene rings is 3. The Kier molecular flexibility index (Phi) is 5.86. The predicted octanol–water partition coefficient (Wildman–Crippen LogP) is 8.45. The normalized spacial score (nSPS) is 18.2. The van der Waals surface area contributed by atoms with Gasteiger partial charge >= 0.3 is 5.63 Å². The van der Waals surface area contributed by atoms with Crippen molar-refractivity contribution in [3.8, 4) is 0 Å². The van der Waals surface area contributed by atoms with Gasteiger partial charge in [0.25, 0.3) is 0 Å². The van der Waals surface area contributed by atoms with Crippen LogP contribution in [-0.4, -0.2) is 19.3 Å². The first-order valence-electron chi connectivity index (χ1n) is 14.0. The van der Waals surface area contributed by atoms with Gasteiger partial charge in [0.15, 0.2) is 0 Å². The van der Waals surface area contributed by atoms with Crippen molar-refractivity contribution >= 4 is 52.0 Å². The maximum Gasteiger partial charge on any atom is 0.345 e. The SMILES string of the molecule is CC(C)(C)c1c(C=Nc2ccc3ccccc3c2S)c(=O)oc2c3c4c(cc12)C(C)(C)CCN4CCC3(C)C. The first-order valence-corrected chi connectivity index (χ1v) is 14.4. The molecule has 0 aliphatic carbocycles. The summed E-state index contributed by atoms with van der Waals surface area (Å²) in [5, 5.41) is 3.18. The molecule has 3 aromatic carbocycles. The standard InChI is InChI=1S/C34H38N2O2S/c1-32(2,3)26-22-18-24-28-27(34(6,7)15-17-36(28)16-14-33(24,4)5)29(22)38-31(37)23(26)19-35-25-13-12-20-10-8-9-11-21(20)30(25)39/h8-13,18-19,39H,14-17H2,1-7H3. The summed E-state index contributed by atoms with van der Waals surface area (Å²) >= 11 is 4.79. The third kappa shape index (κ3) is 4.12. The van der Waals surface area contributed by atoms with Crippen molar-refractivity contribution in [1.82, 2.24) is 0 Å². The van der Waals surface area contributed by atoms with Crippen LogP contribution in [0.4, 0.5) is 11.4 Å². The van der Waals surface area contributed by atoms with Crippen LogP contribution in [0, 0.1) is 0 Å². The summed E-state index contributed by atoms with van der Waals surface area (Å²) in [6.45, 7) is 17.9. The number of hydrogen-bond donors (Lipinski definition) is 1. The van der Waals surface area contributed by atoms with Crippen LogP contribution < -0.4 is 10.5 Å². The molecule has 2 aliphatic heterocycles. The molecule has 6 rings (SSSR count). The fraction of sp³-hybridized carbons (Fsp3) is 0.412. The summed E-state index contributed by atoms with van der Waals surface area (Å²) in [5.74, 6) is 0. The van der Waals surface area contributed by atoms with E-state index in [1.807, 2.05) is 30.3 Å². The quantitative estimate of drug-likeness (QED) is 0.158. The van der Waals surface area contributed by atoms with Gasteiger partial charge in [-0.25, -0.2) is 4.79 Å². The molecule has 0 radical (unpaired) electrons. The van der Waals surface area contributed by atoms with Gasteiger partial charge in [0.2, 0.25) is 0 Å². The molecule has 0 saturated carbocycles. The summed E-state index contributed by atoms with van der Waals surface area (Å²) < 4.78 is 6.30. The molecule has 4 aromatic rings. The second-order valence-corrected chi connectivity index (χ2v) is 14.1. The molecular weight excluding hydrogens is 500 g/mol. The Morgan fingerprint density at radius 1 is 0.974 bits per heavy atom. The van der Waals surface area contributed by atoms with E-state index in [1.54, 1.807) is 6.21 Å². The van der Waals surface area contributed by atoms with E-state index in [2.05, 4.69) is 65.5 Å². The van der Waals surface area contributed by atoms with Crippen molar-refractivity contribution in [3.05, 3.63) is 75.1 Å². The second kappa shape index (κ2) is 8.72. The number of nitrogens with zero attached hydrogens (tertiary/aromatic N) is 2. The highest BCUT2D eigenvalue weighted by molar-refractivity contribution is 7.80. The summed E-state index contributed by atoms with van der Waals surface area (Å²) in [6.07, 6.45) is 3.83. The van der Waals surface area contributed by atoms with Gasteiger partial charge in [0.1, 0.15) is 5.58 Å². The molecular formula is C34H38N2O2S. The van der Waals surface area contributed by atoms with Crippen molar-refractivity contribution < 1.29 is 4.42 Å². The van der Waals surface area contributed by atoms with E-state index in [4.69, 9.17) is 22.0 Å². The van der Waals surface area contributed by atoms with Gasteiger partial charge in [-0.2, -0.15) is 0 Å². The highest BCUT2D eigenvalue weighted by atomic mass is 32.1. The van der Waals surface area contributed by atoms with Crippen LogP contribution in [0.1, 0.15) is 83.6 Å². The molecule has 5 heteroatoms. The Morgan fingerprint density at radius 3 is 2.38 bits per heavy atom. The monoisotopic (exact) mass is 538 g/mol. The summed E-state index contributed by atoms with van der Waals surface area (Å²) in [7, 11) is 0. The fourth-order valence-electron chi connectivity index (χ4n) is 6.65. The molecule has 202 valence electrons. The second-order valence-electron chi connectivity index (χ2n) is 13.6. The molecule has 2 aliphatic rings. The molecule has 0 saturated heterocycles. The van der Waals surface area contributed by atoms with E-state index in [0.717, 1.165) is 63.8 Å². The van der Waals surface area contributed by atoms with Crippen molar-refractivity contribution in [2.75, 3.05) is 18.0 Å². The van der Waals surface area contributed by atoms with E-state index in [1.165, 1.54) is 16.8 Å². The number of rotatable bonds is 2. The lowest BCUT2D eigenvalue weighted by Gasteiger charge is -2.48. The van der Waals surface area contributed by atoms with Crippen LogP contribution in [0.25, 0.3) is 21.7 Å². The van der Waals surface area contributed by atoms with Gasteiger partial charge in [-0.05, 0) is 63.1 Å². The van der Waals surface area contributed by atoms with E-state index < -0.39 is 0 Å². The highest BCUT2D eigenvalue weighted by Crippen LogP contribution is 2.52. The van der Waals surface area contributed by atoms with Crippen LogP contribution in [0.5, 0.6) is 0 Å². The minimum atomic E-state index is -0.336. The molecule has 0 unspecified atom stereocenters. The molecule has 0 bridgehead atoms. The lowest BCUT2D eigenvalue weighted by Crippen LogP contribution is -2.45. The van der Waals surface area contributed by atoms with Gasteiger partial charge in [-0.1, -0.05) is 78.8 Å². The lowest BCUT2D eigenvalue weighted by atomic mass is 9.68. The molecule has 0 N–H and O–H groups in total. The average molecular weight is 539 g/mol. The molecule has 3 heterocycles. The van der Waals surface area contributed by atoms with Crippen molar-refractivity contribution in [1.29, 1.82) is 0 Å². The fourth-order valence-corrected chi connectivity index (χ4v) is 6.98. The zero-order valence-electron chi connectivity index (χ0n) is 24.1. The zero-order valence-corrected chi connectivity index (χ0v) is 25.0. The summed E-state index contributed by atoms with van der Waals surface area (Å²) in [5.41, 5.74) is 6.12. The van der Waals surface area contributed by atoms with Crippen molar-refractivity contribution in [2.24, 2.45) is 4.99 Å². The maximum atomic E-state index is 13.8. The highest BCUT2D eigenvalue weighted by Gasteiger charge is 2.43. The number of hydrogen-bond acceptors (Lipinski definition) is 5. The lowest BCUT2D eigenvalue weighted by molar-refractivity contribution is 0.398. The smallest absolute Gasteiger partial charge is 0.345 e. The van der Waals surface area contributed by atoms with Gasteiger partial charge in [0, 0.05) is 40.8 Å². The first-order chi connectivity index (χ1) is 18.3. The van der Waals surface area contributed by atoms with E-state index in [9.17, 15) is 4.79 Å². The van der Waals surface area contributed by atoms with E-state index >= 15 is 0 Å². The third-order valence-corrected chi connectivity index (χ3v) is 9.37. The Hall–Kier alpha value is -3.05. The number of anilines is 1. The van der Waals surface area contributed by atoms with Crippen molar-refractivity contribution in [3.63, 3.8) is 0 Å². The molecule has 4 nitrogen and oxygen atoms in total. The zero-order chi connectivity index (χ0) is 27.9. The molecule has 0 amide bonds. The number of fused-ring (bicyclic) bond motifs is 3. The Morgan fingerprint density at radius 2 is 1.67 bits per heavy atom. The Labute approximate surface area is 236 Å². The predicted molar refractivity (Wildman–Crippen MR) is 167 cm³/mol. The van der Waals surface area contributed by atoms with Gasteiger partial charge in [0.05, 0.1) is 11.3 Å². The van der Waals surface area contributed by atoms with Crippen LogP contribution >= 0.6 is 12.6 Å². The number of thiol groups is 1. The van der Waals surface area contributed by atoms with Crippen LogP contribution in [0.2, 0.25) is 0 Å². The van der Waals surface area contributed by atoms with Crippen molar-refractivity contribution in [2.45, 2.75) is 82.4 Å². The van der Waals surface area contributed by atoms with Gasteiger partial charge in [-0.3, -0.25) is 4.99 Å². The Balaban J connectivity index is 1.66. The minimum absolute atomic E-state index is 0.0355. The average Bonchev–Trinajstić information content (AvgIpc) is 2.86. The van der Waals surface area contributed by atoms with Crippen LogP contribution in [0.3, 0.4) is 0 Å². The molecule has 0 spiro atoms. The third-order valence-electron chi connectivity index (χ3n) is 8.90.